The summed E-state index contributed by atoms with van der Waals surface area (Å²) in [5.74, 6) is -0.565. The van der Waals surface area contributed by atoms with Gasteiger partial charge in [0.05, 0.1) is 30.9 Å². The van der Waals surface area contributed by atoms with Crippen LogP contribution in [0.4, 0.5) is 0 Å². The summed E-state index contributed by atoms with van der Waals surface area (Å²) in [6.07, 6.45) is 19.3. The molecule has 0 aliphatic carbocycles. The quantitative estimate of drug-likeness (QED) is 0.0373. The third-order valence-electron chi connectivity index (χ3n) is 10.7. The van der Waals surface area contributed by atoms with Crippen molar-refractivity contribution in [3.8, 4) is 23.0 Å². The maximum absolute atomic E-state index is 13.4. The summed E-state index contributed by atoms with van der Waals surface area (Å²) in [5, 5.41) is 0. The van der Waals surface area contributed by atoms with Crippen molar-refractivity contribution in [2.24, 2.45) is 0 Å². The molecule has 2 aliphatic rings. The molecule has 2 atom stereocenters. The molecule has 12 nitrogen and oxygen atoms in total. The molecule has 340 valence electrons. The van der Waals surface area contributed by atoms with Gasteiger partial charge in [0.25, 0.3) is 0 Å². The summed E-state index contributed by atoms with van der Waals surface area (Å²) in [6.45, 7) is 6.49. The molecule has 2 heterocycles. The van der Waals surface area contributed by atoms with Crippen LogP contribution in [-0.4, -0.2) is 76.7 Å². The van der Waals surface area contributed by atoms with Gasteiger partial charge in [-0.3, -0.25) is 0 Å². The Morgan fingerprint density at radius 2 is 0.968 bits per heavy atom. The number of carbonyl (C=O) groups excluding carboxylic acids is 3. The van der Waals surface area contributed by atoms with Gasteiger partial charge < -0.3 is 42.6 Å². The van der Waals surface area contributed by atoms with Crippen LogP contribution in [0.5, 0.6) is 23.0 Å². The fourth-order valence-electron chi connectivity index (χ4n) is 7.08. The Balaban J connectivity index is 1.06. The predicted molar refractivity (Wildman–Crippen MR) is 235 cm³/mol. The molecule has 62 heavy (non-hydrogen) atoms. The third kappa shape index (κ3) is 18.5. The topological polar surface area (TPSA) is 134 Å². The number of esters is 3. The van der Waals surface area contributed by atoms with E-state index in [1.807, 2.05) is 0 Å². The number of hydrogen-bond acceptors (Lipinski definition) is 12. The predicted octanol–water partition coefficient (Wildman–Crippen LogP) is 11.2. The zero-order chi connectivity index (χ0) is 43.5. The van der Waals surface area contributed by atoms with Gasteiger partial charge in [0.2, 0.25) is 0 Å². The molecular weight excluding hydrogens is 793 g/mol. The van der Waals surface area contributed by atoms with Crippen LogP contribution in [0.25, 0.3) is 0 Å². The Labute approximate surface area is 368 Å². The zero-order valence-corrected chi connectivity index (χ0v) is 36.8. The Morgan fingerprint density at radius 1 is 0.500 bits per heavy atom. The molecule has 0 N–H and O–H groups in total. The van der Waals surface area contributed by atoms with Crippen LogP contribution in [0.1, 0.15) is 160 Å². The van der Waals surface area contributed by atoms with Gasteiger partial charge in [-0.15, -0.1) is 0 Å². The second-order valence-electron chi connectivity index (χ2n) is 15.9. The first-order chi connectivity index (χ1) is 30.5. The first-order valence-electron chi connectivity index (χ1n) is 23.2. The Kier molecular flexibility index (Phi) is 22.7. The normalized spacial score (nSPS) is 16.3. The number of carbonyl (C=O) groups is 3. The van der Waals surface area contributed by atoms with E-state index in [9.17, 15) is 14.4 Å². The Hall–Kier alpha value is -4.49. The van der Waals surface area contributed by atoms with Gasteiger partial charge in [-0.1, -0.05) is 45.4 Å². The van der Waals surface area contributed by atoms with Crippen molar-refractivity contribution in [2.75, 3.05) is 46.2 Å². The van der Waals surface area contributed by atoms with Crippen LogP contribution in [0.2, 0.25) is 0 Å². The SMILES string of the molecule is CCCCCCCOC(=O)c1cc(OC(=O)c2ccc(OCCCCCCOC3CCCCO3)cc2)ccc1OC(=O)c1ccc(OCCCCCCOC2CCCCO2)cc1. The van der Waals surface area contributed by atoms with E-state index in [4.69, 9.17) is 42.6 Å². The maximum Gasteiger partial charge on any atom is 0.343 e. The van der Waals surface area contributed by atoms with Gasteiger partial charge in [0, 0.05) is 26.4 Å². The highest BCUT2D eigenvalue weighted by Crippen LogP contribution is 2.28. The van der Waals surface area contributed by atoms with Crippen LogP contribution >= 0.6 is 0 Å². The van der Waals surface area contributed by atoms with Crippen molar-refractivity contribution >= 4 is 17.9 Å². The van der Waals surface area contributed by atoms with E-state index in [-0.39, 0.29) is 41.8 Å². The minimum Gasteiger partial charge on any atom is -0.494 e. The smallest absolute Gasteiger partial charge is 0.343 e. The fraction of sp³-hybridized carbons (Fsp3) is 0.580. The van der Waals surface area contributed by atoms with Crippen LogP contribution < -0.4 is 18.9 Å². The van der Waals surface area contributed by atoms with Crippen LogP contribution in [0, 0.1) is 0 Å². The molecule has 2 unspecified atom stereocenters. The lowest BCUT2D eigenvalue weighted by molar-refractivity contribution is -0.163. The number of unbranched alkanes of at least 4 members (excludes halogenated alkanes) is 10. The molecule has 2 saturated heterocycles. The summed E-state index contributed by atoms with van der Waals surface area (Å²) >= 11 is 0. The minimum absolute atomic E-state index is 0.00773. The van der Waals surface area contributed by atoms with Gasteiger partial charge in [-0.05, 0) is 150 Å². The van der Waals surface area contributed by atoms with Gasteiger partial charge in [-0.25, -0.2) is 14.4 Å². The molecule has 0 amide bonds. The third-order valence-corrected chi connectivity index (χ3v) is 10.7. The van der Waals surface area contributed by atoms with Crippen molar-refractivity contribution in [1.29, 1.82) is 0 Å². The van der Waals surface area contributed by atoms with Gasteiger partial charge >= 0.3 is 17.9 Å². The number of benzene rings is 3. The Bertz CT molecular complexity index is 1710. The van der Waals surface area contributed by atoms with E-state index in [0.717, 1.165) is 116 Å². The molecule has 0 bridgehead atoms. The fourth-order valence-corrected chi connectivity index (χ4v) is 7.08. The van der Waals surface area contributed by atoms with E-state index in [2.05, 4.69) is 6.92 Å². The van der Waals surface area contributed by atoms with E-state index >= 15 is 0 Å². The second kappa shape index (κ2) is 29.0. The molecule has 2 fully saturated rings. The standard InChI is InChI=1S/C50H68O12/c1-2-3-4-5-16-37-60-50(53)44-38-43(61-48(51)39-21-25-41(26-22-39)54-31-12-6-8-14-33-56-46-19-10-17-35-58-46)29-30-45(44)62-49(52)40-23-27-42(28-24-40)55-32-13-7-9-15-34-57-47-20-11-18-36-59-47/h21-30,38,46-47H,2-20,31-37H2,1H3. The lowest BCUT2D eigenvalue weighted by Gasteiger charge is -2.22. The summed E-state index contributed by atoms with van der Waals surface area (Å²) in [7, 11) is 0. The maximum atomic E-state index is 13.4. The van der Waals surface area contributed by atoms with Gasteiger partial charge in [0.15, 0.2) is 12.6 Å². The van der Waals surface area contributed by atoms with E-state index in [1.54, 1.807) is 48.5 Å². The summed E-state index contributed by atoms with van der Waals surface area (Å²) < 4.78 is 51.5. The average molecular weight is 861 g/mol. The molecule has 0 saturated carbocycles. The van der Waals surface area contributed by atoms with Crippen LogP contribution in [-0.2, 0) is 23.7 Å². The van der Waals surface area contributed by atoms with E-state index < -0.39 is 17.9 Å². The molecule has 2 aliphatic heterocycles. The van der Waals surface area contributed by atoms with E-state index in [1.165, 1.54) is 31.0 Å². The molecular formula is C50H68O12. The lowest BCUT2D eigenvalue weighted by Crippen LogP contribution is -2.22. The van der Waals surface area contributed by atoms with Gasteiger partial charge in [0.1, 0.15) is 28.6 Å². The van der Waals surface area contributed by atoms with Crippen molar-refractivity contribution in [1.82, 2.24) is 0 Å². The molecule has 12 heteroatoms. The summed E-state index contributed by atoms with van der Waals surface area (Å²) in [6, 6.07) is 17.7. The lowest BCUT2D eigenvalue weighted by atomic mass is 10.1. The van der Waals surface area contributed by atoms with E-state index in [0.29, 0.717) is 49.9 Å². The summed E-state index contributed by atoms with van der Waals surface area (Å²) in [4.78, 5) is 39.8. The molecule has 0 aromatic heterocycles. The van der Waals surface area contributed by atoms with Crippen LogP contribution in [0.3, 0.4) is 0 Å². The highest BCUT2D eigenvalue weighted by Gasteiger charge is 2.21. The number of rotatable bonds is 29. The summed E-state index contributed by atoms with van der Waals surface area (Å²) in [5.41, 5.74) is 0.564. The van der Waals surface area contributed by atoms with Gasteiger partial charge in [-0.2, -0.15) is 0 Å². The molecule has 5 rings (SSSR count). The first kappa shape index (κ1) is 48.5. The van der Waals surface area contributed by atoms with Crippen molar-refractivity contribution in [3.05, 3.63) is 83.4 Å². The Morgan fingerprint density at radius 3 is 1.47 bits per heavy atom. The molecule has 0 radical (unpaired) electrons. The number of hydrogen-bond donors (Lipinski definition) is 0. The highest BCUT2D eigenvalue weighted by atomic mass is 16.7. The van der Waals surface area contributed by atoms with Crippen LogP contribution in [0.15, 0.2) is 66.7 Å². The molecule has 3 aromatic carbocycles. The molecule has 0 spiro atoms. The molecule has 3 aromatic rings. The zero-order valence-electron chi connectivity index (χ0n) is 36.8. The first-order valence-corrected chi connectivity index (χ1v) is 23.2. The van der Waals surface area contributed by atoms with Crippen molar-refractivity contribution in [2.45, 2.75) is 141 Å². The van der Waals surface area contributed by atoms with Crippen molar-refractivity contribution < 1.29 is 57.0 Å². The average Bonchev–Trinajstić information content (AvgIpc) is 3.30. The highest BCUT2D eigenvalue weighted by molar-refractivity contribution is 5.97. The second-order valence-corrected chi connectivity index (χ2v) is 15.9. The largest absolute Gasteiger partial charge is 0.494 e. The minimum atomic E-state index is -0.681. The number of ether oxygens (including phenoxy) is 9. The van der Waals surface area contributed by atoms with Crippen molar-refractivity contribution in [3.63, 3.8) is 0 Å². The monoisotopic (exact) mass is 860 g/mol.